The van der Waals surface area contributed by atoms with Crippen LogP contribution in [0.3, 0.4) is 0 Å². The van der Waals surface area contributed by atoms with Crippen molar-refractivity contribution in [3.8, 4) is 11.4 Å². The van der Waals surface area contributed by atoms with Crippen molar-refractivity contribution in [1.82, 2.24) is 14.8 Å². The fraction of sp³-hybridized carbons (Fsp3) is 0.125. The lowest BCUT2D eigenvalue weighted by Gasteiger charge is -2.06. The lowest BCUT2D eigenvalue weighted by molar-refractivity contribution is -0.387. The summed E-state index contributed by atoms with van der Waals surface area (Å²) in [6.07, 6.45) is 0. The predicted octanol–water partition coefficient (Wildman–Crippen LogP) is 4.50. The maximum atomic E-state index is 11.3. The second-order valence-electron chi connectivity index (χ2n) is 5.18. The molecule has 0 aliphatic carbocycles. The van der Waals surface area contributed by atoms with Gasteiger partial charge in [0.15, 0.2) is 11.0 Å². The highest BCUT2D eigenvalue weighted by Gasteiger charge is 2.19. The van der Waals surface area contributed by atoms with E-state index in [-0.39, 0.29) is 10.6 Å². The normalized spacial score (nSPS) is 10.8. The second-order valence-corrected chi connectivity index (χ2v) is 6.59. The molecule has 0 fully saturated rings. The molecule has 122 valence electrons. The van der Waals surface area contributed by atoms with E-state index in [0.717, 1.165) is 11.1 Å². The average Bonchev–Trinajstić information content (AvgIpc) is 2.90. The monoisotopic (exact) mass is 360 g/mol. The molecular weight excluding hydrogens is 348 g/mol. The van der Waals surface area contributed by atoms with Crippen LogP contribution in [0.2, 0.25) is 5.02 Å². The van der Waals surface area contributed by atoms with Crippen LogP contribution in [-0.2, 0) is 7.05 Å². The molecule has 0 atom stereocenters. The Hall–Kier alpha value is -2.38. The number of rotatable bonds is 4. The number of halogens is 1. The highest BCUT2D eigenvalue weighted by atomic mass is 35.5. The Morgan fingerprint density at radius 1 is 1.21 bits per heavy atom. The zero-order valence-electron chi connectivity index (χ0n) is 12.9. The molecule has 3 aromatic rings. The van der Waals surface area contributed by atoms with Gasteiger partial charge in [-0.1, -0.05) is 29.8 Å². The smallest absolute Gasteiger partial charge is 0.283 e. The van der Waals surface area contributed by atoms with E-state index in [1.54, 1.807) is 29.8 Å². The minimum atomic E-state index is -0.388. The number of aromatic nitrogens is 3. The molecule has 0 unspecified atom stereocenters. The summed E-state index contributed by atoms with van der Waals surface area (Å²) in [7, 11) is 1.81. The van der Waals surface area contributed by atoms with Crippen molar-refractivity contribution in [3.05, 3.63) is 63.2 Å². The topological polar surface area (TPSA) is 73.8 Å². The molecule has 0 saturated heterocycles. The molecule has 24 heavy (non-hydrogen) atoms. The number of hydrogen-bond donors (Lipinski definition) is 0. The van der Waals surface area contributed by atoms with Gasteiger partial charge in [-0.25, -0.2) is 0 Å². The molecule has 3 rings (SSSR count). The molecule has 0 saturated carbocycles. The van der Waals surface area contributed by atoms with Crippen LogP contribution in [0.5, 0.6) is 0 Å². The molecule has 8 heteroatoms. The van der Waals surface area contributed by atoms with Crippen LogP contribution in [0, 0.1) is 17.0 Å². The fourth-order valence-corrected chi connectivity index (χ4v) is 3.33. The first-order valence-corrected chi connectivity index (χ1v) is 8.24. The molecule has 0 amide bonds. The first-order chi connectivity index (χ1) is 11.5. The van der Waals surface area contributed by atoms with Gasteiger partial charge in [-0.3, -0.25) is 10.1 Å². The van der Waals surface area contributed by atoms with Gasteiger partial charge in [-0.2, -0.15) is 0 Å². The molecule has 0 N–H and O–H groups in total. The summed E-state index contributed by atoms with van der Waals surface area (Å²) in [6, 6.07) is 12.5. The van der Waals surface area contributed by atoms with E-state index in [2.05, 4.69) is 10.2 Å². The summed E-state index contributed by atoms with van der Waals surface area (Å²) in [5.74, 6) is 0.609. The van der Waals surface area contributed by atoms with Crippen LogP contribution in [0.15, 0.2) is 52.5 Å². The molecule has 0 spiro atoms. The second kappa shape index (κ2) is 6.62. The Balaban J connectivity index is 1.99. The highest BCUT2D eigenvalue weighted by Crippen LogP contribution is 2.36. The van der Waals surface area contributed by atoms with Crippen molar-refractivity contribution in [1.29, 1.82) is 0 Å². The SMILES string of the molecule is Cc1ccc(Sc2nnc(-c3ccccc3Cl)n2C)c([N+](=O)[O-])c1. The van der Waals surface area contributed by atoms with Crippen molar-refractivity contribution >= 4 is 29.1 Å². The van der Waals surface area contributed by atoms with E-state index >= 15 is 0 Å². The van der Waals surface area contributed by atoms with Crippen molar-refractivity contribution in [2.75, 3.05) is 0 Å². The lowest BCUT2D eigenvalue weighted by Crippen LogP contribution is -1.96. The van der Waals surface area contributed by atoms with Crippen LogP contribution in [0.25, 0.3) is 11.4 Å². The molecule has 0 radical (unpaired) electrons. The van der Waals surface area contributed by atoms with Crippen LogP contribution >= 0.6 is 23.4 Å². The Morgan fingerprint density at radius 3 is 2.67 bits per heavy atom. The van der Waals surface area contributed by atoms with Gasteiger partial charge >= 0.3 is 0 Å². The zero-order valence-corrected chi connectivity index (χ0v) is 14.5. The van der Waals surface area contributed by atoms with Gasteiger partial charge in [-0.05, 0) is 42.4 Å². The summed E-state index contributed by atoms with van der Waals surface area (Å²) >= 11 is 7.41. The molecule has 0 bridgehead atoms. The van der Waals surface area contributed by atoms with Crippen LogP contribution in [-0.4, -0.2) is 19.7 Å². The van der Waals surface area contributed by atoms with E-state index in [1.165, 1.54) is 11.8 Å². The number of nitro benzene ring substituents is 1. The molecule has 2 aromatic carbocycles. The third-order valence-electron chi connectivity index (χ3n) is 3.46. The largest absolute Gasteiger partial charge is 0.305 e. The zero-order chi connectivity index (χ0) is 17.3. The van der Waals surface area contributed by atoms with Gasteiger partial charge in [0, 0.05) is 18.7 Å². The summed E-state index contributed by atoms with van der Waals surface area (Å²) in [6.45, 7) is 1.82. The quantitative estimate of drug-likeness (QED) is 0.505. The Labute approximate surface area is 147 Å². The standard InChI is InChI=1S/C16H13ClN4O2S/c1-10-7-8-14(13(9-10)21(22)23)24-16-19-18-15(20(16)2)11-5-3-4-6-12(11)17/h3-9H,1-2H3. The number of hydrogen-bond acceptors (Lipinski definition) is 5. The van der Waals surface area contributed by atoms with Crippen molar-refractivity contribution in [3.63, 3.8) is 0 Å². The van der Waals surface area contributed by atoms with Crippen LogP contribution in [0.4, 0.5) is 5.69 Å². The van der Waals surface area contributed by atoms with E-state index < -0.39 is 0 Å². The maximum absolute atomic E-state index is 11.3. The fourth-order valence-electron chi connectivity index (χ4n) is 2.24. The summed E-state index contributed by atoms with van der Waals surface area (Å²) < 4.78 is 1.77. The van der Waals surface area contributed by atoms with Crippen molar-refractivity contribution in [2.45, 2.75) is 17.0 Å². The molecule has 0 aliphatic heterocycles. The minimum Gasteiger partial charge on any atom is -0.305 e. The molecule has 6 nitrogen and oxygen atoms in total. The number of nitrogens with zero attached hydrogens (tertiary/aromatic N) is 4. The molecule has 1 heterocycles. The van der Waals surface area contributed by atoms with E-state index in [9.17, 15) is 10.1 Å². The number of nitro groups is 1. The van der Waals surface area contributed by atoms with Gasteiger partial charge < -0.3 is 4.57 Å². The minimum absolute atomic E-state index is 0.0577. The first-order valence-electron chi connectivity index (χ1n) is 7.04. The van der Waals surface area contributed by atoms with Gasteiger partial charge in [0.2, 0.25) is 0 Å². The van der Waals surface area contributed by atoms with Gasteiger partial charge in [0.25, 0.3) is 5.69 Å². The summed E-state index contributed by atoms with van der Waals surface area (Å²) in [5, 5.41) is 20.7. The Bertz CT molecular complexity index is 926. The van der Waals surface area contributed by atoms with E-state index in [0.29, 0.717) is 20.9 Å². The van der Waals surface area contributed by atoms with Crippen LogP contribution < -0.4 is 0 Å². The summed E-state index contributed by atoms with van der Waals surface area (Å²) in [5.41, 5.74) is 1.66. The van der Waals surface area contributed by atoms with E-state index in [1.807, 2.05) is 31.2 Å². The molecule has 0 aliphatic rings. The van der Waals surface area contributed by atoms with Crippen LogP contribution in [0.1, 0.15) is 5.56 Å². The Morgan fingerprint density at radius 2 is 1.96 bits per heavy atom. The number of benzene rings is 2. The van der Waals surface area contributed by atoms with Gasteiger partial charge in [0.05, 0.1) is 14.8 Å². The van der Waals surface area contributed by atoms with Gasteiger partial charge in [-0.15, -0.1) is 10.2 Å². The van der Waals surface area contributed by atoms with Crippen molar-refractivity contribution in [2.24, 2.45) is 7.05 Å². The predicted molar refractivity (Wildman–Crippen MR) is 93.4 cm³/mol. The summed E-state index contributed by atoms with van der Waals surface area (Å²) in [4.78, 5) is 11.4. The van der Waals surface area contributed by atoms with Gasteiger partial charge in [0.1, 0.15) is 0 Å². The average molecular weight is 361 g/mol. The van der Waals surface area contributed by atoms with Crippen molar-refractivity contribution < 1.29 is 4.92 Å². The first kappa shape index (κ1) is 16.5. The molecular formula is C16H13ClN4O2S. The Kier molecular flexibility index (Phi) is 4.55. The number of aryl methyl sites for hydroxylation is 1. The van der Waals surface area contributed by atoms with E-state index in [4.69, 9.17) is 11.6 Å². The third kappa shape index (κ3) is 3.13. The third-order valence-corrected chi connectivity index (χ3v) is 4.89. The lowest BCUT2D eigenvalue weighted by atomic mass is 10.2. The molecule has 1 aromatic heterocycles. The highest BCUT2D eigenvalue weighted by molar-refractivity contribution is 7.99. The maximum Gasteiger partial charge on any atom is 0.283 e.